The van der Waals surface area contributed by atoms with Crippen LogP contribution in [-0.2, 0) is 9.53 Å². The third-order valence-electron chi connectivity index (χ3n) is 6.53. The van der Waals surface area contributed by atoms with Crippen LogP contribution in [0.15, 0.2) is 5.38 Å². The van der Waals surface area contributed by atoms with Crippen LogP contribution < -0.4 is 15.8 Å². The number of nitrogens with one attached hydrogen (secondary N) is 2. The molecule has 0 unspecified atom stereocenters. The van der Waals surface area contributed by atoms with Crippen LogP contribution in [0.4, 0.5) is 9.93 Å². The number of thiazole rings is 1. The van der Waals surface area contributed by atoms with Crippen LogP contribution in [0.2, 0.25) is 0 Å². The number of nitrogens with zero attached hydrogens (tertiary/aromatic N) is 5. The second kappa shape index (κ2) is 11.3. The van der Waals surface area contributed by atoms with E-state index >= 15 is 0 Å². The molecule has 3 fully saturated rings. The van der Waals surface area contributed by atoms with Crippen LogP contribution in [0.1, 0.15) is 30.8 Å². The fourth-order valence-electron chi connectivity index (χ4n) is 4.79. The smallest absolute Gasteiger partial charge is 0.336 e. The van der Waals surface area contributed by atoms with Crippen molar-refractivity contribution in [3.63, 3.8) is 0 Å². The minimum atomic E-state index is -0.446. The number of piperidine rings is 1. The van der Waals surface area contributed by atoms with E-state index in [1.807, 2.05) is 4.90 Å². The van der Waals surface area contributed by atoms with Crippen LogP contribution in [0.5, 0.6) is 0 Å². The van der Waals surface area contributed by atoms with E-state index in [1.54, 1.807) is 10.3 Å². The lowest BCUT2D eigenvalue weighted by Gasteiger charge is -2.38. The number of hydrazine groups is 1. The second-order valence-corrected chi connectivity index (χ2v) is 10.3. The van der Waals surface area contributed by atoms with Crippen molar-refractivity contribution in [2.45, 2.75) is 20.3 Å². The van der Waals surface area contributed by atoms with Gasteiger partial charge in [-0.25, -0.2) is 15.2 Å². The summed E-state index contributed by atoms with van der Waals surface area (Å²) in [6.07, 6.45) is 1.17. The molecule has 0 aliphatic carbocycles. The SMILES string of the molecule is C[C@H]1C[C@H](C)CN(C(=O)CN2CCN(C(=O)NNC(=O)c3csc(N4CCOCC4)n3)CC2)C1. The average Bonchev–Trinajstić information content (AvgIpc) is 3.33. The van der Waals surface area contributed by atoms with Crippen LogP contribution >= 0.6 is 11.3 Å². The Bertz CT molecular complexity index is 857. The van der Waals surface area contributed by atoms with Crippen LogP contribution in [0, 0.1) is 11.8 Å². The molecule has 3 aliphatic heterocycles. The lowest BCUT2D eigenvalue weighted by atomic mass is 9.92. The van der Waals surface area contributed by atoms with Gasteiger partial charge in [-0.2, -0.15) is 0 Å². The fourth-order valence-corrected chi connectivity index (χ4v) is 5.65. The molecule has 3 saturated heterocycles. The summed E-state index contributed by atoms with van der Waals surface area (Å²) >= 11 is 1.40. The Labute approximate surface area is 204 Å². The normalized spacial score (nSPS) is 24.1. The van der Waals surface area contributed by atoms with Gasteiger partial charge < -0.3 is 19.4 Å². The molecule has 0 radical (unpaired) electrons. The lowest BCUT2D eigenvalue weighted by molar-refractivity contribution is -0.135. The van der Waals surface area contributed by atoms with Gasteiger partial charge in [0.25, 0.3) is 5.91 Å². The fraction of sp³-hybridized carbons (Fsp3) is 0.727. The van der Waals surface area contributed by atoms with E-state index in [-0.39, 0.29) is 17.6 Å². The maximum atomic E-state index is 12.7. The maximum Gasteiger partial charge on any atom is 0.336 e. The van der Waals surface area contributed by atoms with Crippen LogP contribution in [0.25, 0.3) is 0 Å². The summed E-state index contributed by atoms with van der Waals surface area (Å²) in [4.78, 5) is 49.8. The molecular weight excluding hydrogens is 458 g/mol. The molecule has 188 valence electrons. The highest BCUT2D eigenvalue weighted by Crippen LogP contribution is 2.22. The largest absolute Gasteiger partial charge is 0.378 e. The number of carbonyl (C=O) groups is 3. The van der Waals surface area contributed by atoms with Crippen molar-refractivity contribution in [1.82, 2.24) is 30.5 Å². The molecule has 0 aromatic carbocycles. The van der Waals surface area contributed by atoms with E-state index in [2.05, 4.69) is 39.5 Å². The average molecular weight is 494 g/mol. The van der Waals surface area contributed by atoms with Gasteiger partial charge in [0.2, 0.25) is 5.91 Å². The molecule has 1 aromatic heterocycles. The number of morpholine rings is 1. The highest BCUT2D eigenvalue weighted by molar-refractivity contribution is 7.13. The maximum absolute atomic E-state index is 12.7. The zero-order chi connectivity index (χ0) is 24.1. The van der Waals surface area contributed by atoms with E-state index in [4.69, 9.17) is 4.74 Å². The number of ether oxygens (including phenoxy) is 1. The molecule has 0 saturated carbocycles. The quantitative estimate of drug-likeness (QED) is 0.586. The lowest BCUT2D eigenvalue weighted by Crippen LogP contribution is -2.56. The summed E-state index contributed by atoms with van der Waals surface area (Å²) in [5.41, 5.74) is 5.21. The first-order valence-electron chi connectivity index (χ1n) is 12.0. The van der Waals surface area contributed by atoms with E-state index in [0.717, 1.165) is 31.3 Å². The number of carbonyl (C=O) groups excluding carboxylic acids is 3. The predicted octanol–water partition coefficient (Wildman–Crippen LogP) is 0.456. The Hall–Kier alpha value is -2.44. The van der Waals surface area contributed by atoms with Gasteiger partial charge in [-0.1, -0.05) is 13.8 Å². The topological polar surface area (TPSA) is 110 Å². The van der Waals surface area contributed by atoms with Crippen molar-refractivity contribution in [3.05, 3.63) is 11.1 Å². The van der Waals surface area contributed by atoms with Gasteiger partial charge in [0.15, 0.2) is 5.13 Å². The van der Waals surface area contributed by atoms with Gasteiger partial charge in [0, 0.05) is 57.7 Å². The molecule has 2 N–H and O–H groups in total. The van der Waals surface area contributed by atoms with Gasteiger partial charge in [-0.05, 0) is 18.3 Å². The standard InChI is InChI=1S/C22H35N7O4S/c1-16-11-17(2)13-29(12-16)19(30)14-26-3-5-27(6-4-26)21(32)25-24-20(31)18-15-34-22(23-18)28-7-9-33-10-8-28/h15-17H,3-14H2,1-2H3,(H,24,31)(H,25,32)/t16-,17-/m0/s1. The zero-order valence-electron chi connectivity index (χ0n) is 20.0. The number of hydrogen-bond donors (Lipinski definition) is 2. The highest BCUT2D eigenvalue weighted by Gasteiger charge is 2.28. The minimum absolute atomic E-state index is 0.170. The summed E-state index contributed by atoms with van der Waals surface area (Å²) in [5.74, 6) is 0.805. The van der Waals surface area contributed by atoms with Crippen LogP contribution in [-0.4, -0.2) is 110 Å². The van der Waals surface area contributed by atoms with Crippen molar-refractivity contribution in [3.8, 4) is 0 Å². The molecule has 12 heteroatoms. The third kappa shape index (κ3) is 6.36. The monoisotopic (exact) mass is 493 g/mol. The second-order valence-electron chi connectivity index (χ2n) is 9.51. The first-order valence-corrected chi connectivity index (χ1v) is 12.9. The number of anilines is 1. The number of piperazine rings is 1. The molecule has 4 amide bonds. The highest BCUT2D eigenvalue weighted by atomic mass is 32.1. The molecular formula is C22H35N7O4S. The van der Waals surface area contributed by atoms with Crippen molar-refractivity contribution < 1.29 is 19.1 Å². The first-order chi connectivity index (χ1) is 16.4. The number of hydrogen-bond acceptors (Lipinski definition) is 8. The summed E-state index contributed by atoms with van der Waals surface area (Å²) in [6.45, 7) is 11.5. The zero-order valence-corrected chi connectivity index (χ0v) is 20.8. The molecule has 0 spiro atoms. The Morgan fingerprint density at radius 3 is 2.35 bits per heavy atom. The Balaban J connectivity index is 1.17. The molecule has 0 bridgehead atoms. The third-order valence-corrected chi connectivity index (χ3v) is 7.43. The molecule has 2 atom stereocenters. The number of urea groups is 1. The number of aromatic nitrogens is 1. The van der Waals surface area contributed by atoms with Crippen LogP contribution in [0.3, 0.4) is 0 Å². The van der Waals surface area contributed by atoms with Gasteiger partial charge >= 0.3 is 6.03 Å². The number of amides is 4. The molecule has 11 nitrogen and oxygen atoms in total. The van der Waals surface area contributed by atoms with Crippen molar-refractivity contribution >= 4 is 34.3 Å². The summed E-state index contributed by atoms with van der Waals surface area (Å²) in [5, 5.41) is 2.46. The molecule has 3 aliphatic rings. The predicted molar refractivity (Wildman–Crippen MR) is 129 cm³/mol. The summed E-state index contributed by atoms with van der Waals surface area (Å²) in [6, 6.07) is -0.360. The van der Waals surface area contributed by atoms with Crippen molar-refractivity contribution in [2.24, 2.45) is 11.8 Å². The molecule has 34 heavy (non-hydrogen) atoms. The van der Waals surface area contributed by atoms with E-state index in [1.165, 1.54) is 17.8 Å². The van der Waals surface area contributed by atoms with Gasteiger partial charge in [-0.3, -0.25) is 19.9 Å². The first kappa shape index (κ1) is 24.7. The molecule has 1 aromatic rings. The number of likely N-dealkylation sites (tertiary alicyclic amines) is 1. The van der Waals surface area contributed by atoms with E-state index in [0.29, 0.717) is 57.8 Å². The Morgan fingerprint density at radius 1 is 1.00 bits per heavy atom. The Kier molecular flexibility index (Phi) is 8.22. The van der Waals surface area contributed by atoms with Gasteiger partial charge in [0.1, 0.15) is 5.69 Å². The van der Waals surface area contributed by atoms with Gasteiger partial charge in [-0.15, -0.1) is 11.3 Å². The van der Waals surface area contributed by atoms with E-state index in [9.17, 15) is 14.4 Å². The van der Waals surface area contributed by atoms with Crippen molar-refractivity contribution in [2.75, 3.05) is 77.0 Å². The molecule has 4 rings (SSSR count). The summed E-state index contributed by atoms with van der Waals surface area (Å²) < 4.78 is 5.34. The van der Waals surface area contributed by atoms with E-state index < -0.39 is 5.91 Å². The number of rotatable bonds is 4. The van der Waals surface area contributed by atoms with Gasteiger partial charge in [0.05, 0.1) is 19.8 Å². The van der Waals surface area contributed by atoms with Crippen molar-refractivity contribution in [1.29, 1.82) is 0 Å². The minimum Gasteiger partial charge on any atom is -0.378 e. The Morgan fingerprint density at radius 2 is 1.68 bits per heavy atom. The molecule has 4 heterocycles. The summed E-state index contributed by atoms with van der Waals surface area (Å²) in [7, 11) is 0.